The van der Waals surface area contributed by atoms with E-state index in [-0.39, 0.29) is 12.3 Å². The maximum Gasteiger partial charge on any atom is 0.312 e. The summed E-state index contributed by atoms with van der Waals surface area (Å²) in [5.74, 6) is -0.159. The Morgan fingerprint density at radius 3 is 2.55 bits per heavy atom. The van der Waals surface area contributed by atoms with Crippen LogP contribution in [0.15, 0.2) is 48.5 Å². The first-order valence-corrected chi connectivity index (χ1v) is 11.1. The van der Waals surface area contributed by atoms with Crippen LogP contribution < -0.4 is 16.4 Å². The van der Waals surface area contributed by atoms with Crippen molar-refractivity contribution in [1.29, 1.82) is 0 Å². The van der Waals surface area contributed by atoms with Crippen molar-refractivity contribution in [2.45, 2.75) is 64.1 Å². The fourth-order valence-electron chi connectivity index (χ4n) is 4.40. The number of carbonyl (C=O) groups excluding carboxylic acids is 2. The number of para-hydroxylation sites is 1. The minimum atomic E-state index is -0.645. The van der Waals surface area contributed by atoms with Gasteiger partial charge in [0.25, 0.3) is 0 Å². The van der Waals surface area contributed by atoms with Crippen molar-refractivity contribution < 1.29 is 9.59 Å². The Hall–Kier alpha value is -2.86. The molecule has 1 aliphatic rings. The minimum absolute atomic E-state index is 0.110. The molecule has 1 aliphatic carbocycles. The molecule has 2 aromatic carbocycles. The highest BCUT2D eigenvalue weighted by Gasteiger charge is 2.21. The normalized spacial score (nSPS) is 15.5. The molecule has 1 saturated carbocycles. The number of primary amides is 1. The number of hydrogen-bond acceptors (Lipinski definition) is 3. The van der Waals surface area contributed by atoms with Crippen LogP contribution in [0.5, 0.6) is 0 Å². The van der Waals surface area contributed by atoms with E-state index in [4.69, 9.17) is 5.73 Å². The van der Waals surface area contributed by atoms with Gasteiger partial charge in [0.2, 0.25) is 5.91 Å². The summed E-state index contributed by atoms with van der Waals surface area (Å²) >= 11 is 0. The van der Waals surface area contributed by atoms with Crippen molar-refractivity contribution in [3.8, 4) is 0 Å². The molecule has 1 atom stereocenters. The van der Waals surface area contributed by atoms with Crippen LogP contribution in [0.1, 0.15) is 61.3 Å². The van der Waals surface area contributed by atoms with Gasteiger partial charge in [0.15, 0.2) is 0 Å². The standard InChI is InChI=1S/C25H34N4O2/c1-18-9-8-11-19(15-18)23(28-25(26)31)16-24(30)27-22-14-7-6-10-20(22)17-29(2)21-12-4-3-5-13-21/h6-11,14-15,21,23H,3-5,12-13,16-17H2,1-2H3,(H,27,30)(H3,26,28,31)/t23-/m1/s1. The molecule has 0 saturated heterocycles. The van der Waals surface area contributed by atoms with Gasteiger partial charge < -0.3 is 16.4 Å². The number of rotatable bonds is 8. The summed E-state index contributed by atoms with van der Waals surface area (Å²) in [5.41, 5.74) is 9.19. The Balaban J connectivity index is 1.68. The third-order valence-electron chi connectivity index (χ3n) is 6.06. The van der Waals surface area contributed by atoms with Crippen molar-refractivity contribution in [2.24, 2.45) is 5.73 Å². The molecule has 0 aromatic heterocycles. The molecule has 4 N–H and O–H groups in total. The van der Waals surface area contributed by atoms with E-state index in [1.54, 1.807) is 0 Å². The van der Waals surface area contributed by atoms with Crippen LogP contribution in [0.4, 0.5) is 10.5 Å². The van der Waals surface area contributed by atoms with Crippen LogP contribution in [-0.2, 0) is 11.3 Å². The van der Waals surface area contributed by atoms with E-state index < -0.39 is 12.1 Å². The Labute approximate surface area is 185 Å². The fourth-order valence-corrected chi connectivity index (χ4v) is 4.40. The second-order valence-corrected chi connectivity index (χ2v) is 8.59. The summed E-state index contributed by atoms with van der Waals surface area (Å²) in [6, 6.07) is 15.2. The number of nitrogens with one attached hydrogen (secondary N) is 2. The molecular formula is C25H34N4O2. The third kappa shape index (κ3) is 6.82. The Bertz CT molecular complexity index is 893. The minimum Gasteiger partial charge on any atom is -0.352 e. The highest BCUT2D eigenvalue weighted by molar-refractivity contribution is 5.92. The van der Waals surface area contributed by atoms with E-state index in [9.17, 15) is 9.59 Å². The van der Waals surface area contributed by atoms with Crippen LogP contribution in [0.3, 0.4) is 0 Å². The number of carbonyl (C=O) groups is 2. The van der Waals surface area contributed by atoms with Gasteiger partial charge in [0.1, 0.15) is 0 Å². The first-order valence-electron chi connectivity index (χ1n) is 11.1. The lowest BCUT2D eigenvalue weighted by Gasteiger charge is -2.31. The summed E-state index contributed by atoms with van der Waals surface area (Å²) in [7, 11) is 2.17. The molecule has 0 bridgehead atoms. The molecule has 0 radical (unpaired) electrons. The number of nitrogens with zero attached hydrogens (tertiary/aromatic N) is 1. The summed E-state index contributed by atoms with van der Waals surface area (Å²) in [6.45, 7) is 2.77. The second kappa shape index (κ2) is 11.0. The first-order chi connectivity index (χ1) is 14.9. The summed E-state index contributed by atoms with van der Waals surface area (Å²) in [5, 5.41) is 5.75. The van der Waals surface area contributed by atoms with Crippen LogP contribution in [0.2, 0.25) is 0 Å². The van der Waals surface area contributed by atoms with Gasteiger partial charge >= 0.3 is 6.03 Å². The van der Waals surface area contributed by atoms with Gasteiger partial charge in [-0.15, -0.1) is 0 Å². The second-order valence-electron chi connectivity index (χ2n) is 8.59. The fraction of sp³-hybridized carbons (Fsp3) is 0.440. The van der Waals surface area contributed by atoms with Crippen molar-refractivity contribution in [3.63, 3.8) is 0 Å². The van der Waals surface area contributed by atoms with Gasteiger partial charge in [0, 0.05) is 18.3 Å². The number of urea groups is 1. The van der Waals surface area contributed by atoms with Gasteiger partial charge in [-0.25, -0.2) is 4.79 Å². The topological polar surface area (TPSA) is 87.5 Å². The summed E-state index contributed by atoms with van der Waals surface area (Å²) < 4.78 is 0. The number of nitrogens with two attached hydrogens (primary N) is 1. The molecule has 0 spiro atoms. The molecule has 2 aromatic rings. The van der Waals surface area contributed by atoms with E-state index >= 15 is 0 Å². The summed E-state index contributed by atoms with van der Waals surface area (Å²) in [6.07, 6.45) is 6.50. The highest BCUT2D eigenvalue weighted by atomic mass is 16.2. The van der Waals surface area contributed by atoms with E-state index in [1.165, 1.54) is 32.1 Å². The zero-order valence-corrected chi connectivity index (χ0v) is 18.6. The zero-order chi connectivity index (χ0) is 22.2. The lowest BCUT2D eigenvalue weighted by atomic mass is 9.94. The van der Waals surface area contributed by atoms with Crippen LogP contribution >= 0.6 is 0 Å². The van der Waals surface area contributed by atoms with E-state index in [2.05, 4.69) is 28.6 Å². The Morgan fingerprint density at radius 1 is 1.10 bits per heavy atom. The van der Waals surface area contributed by atoms with Gasteiger partial charge in [0.05, 0.1) is 12.5 Å². The van der Waals surface area contributed by atoms with Gasteiger partial charge in [-0.1, -0.05) is 67.3 Å². The van der Waals surface area contributed by atoms with Crippen LogP contribution in [0, 0.1) is 6.92 Å². The van der Waals surface area contributed by atoms with Gasteiger partial charge in [-0.3, -0.25) is 9.69 Å². The molecule has 3 amide bonds. The lowest BCUT2D eigenvalue weighted by Crippen LogP contribution is -2.35. The highest BCUT2D eigenvalue weighted by Crippen LogP contribution is 2.25. The molecule has 6 nitrogen and oxygen atoms in total. The van der Waals surface area contributed by atoms with E-state index in [0.29, 0.717) is 6.04 Å². The predicted molar refractivity (Wildman–Crippen MR) is 125 cm³/mol. The first kappa shape index (κ1) is 22.8. The maximum absolute atomic E-state index is 12.9. The van der Waals surface area contributed by atoms with Crippen molar-refractivity contribution in [2.75, 3.05) is 12.4 Å². The van der Waals surface area contributed by atoms with Crippen molar-refractivity contribution in [1.82, 2.24) is 10.2 Å². The molecule has 1 fully saturated rings. The number of hydrogen-bond donors (Lipinski definition) is 3. The molecule has 166 valence electrons. The average Bonchev–Trinajstić information content (AvgIpc) is 2.75. The molecule has 0 unspecified atom stereocenters. The monoisotopic (exact) mass is 422 g/mol. The van der Waals surface area contributed by atoms with Crippen LogP contribution in [0.25, 0.3) is 0 Å². The van der Waals surface area contributed by atoms with E-state index in [0.717, 1.165) is 28.9 Å². The number of aryl methyl sites for hydroxylation is 1. The van der Waals surface area contributed by atoms with Crippen LogP contribution in [-0.4, -0.2) is 29.9 Å². The predicted octanol–water partition coefficient (Wildman–Crippen LogP) is 4.50. The van der Waals surface area contributed by atoms with Gasteiger partial charge in [-0.2, -0.15) is 0 Å². The number of amides is 3. The molecule has 0 heterocycles. The average molecular weight is 423 g/mol. The Kier molecular flexibility index (Phi) is 8.06. The lowest BCUT2D eigenvalue weighted by molar-refractivity contribution is -0.116. The number of anilines is 1. The molecule has 6 heteroatoms. The van der Waals surface area contributed by atoms with Crippen molar-refractivity contribution >= 4 is 17.6 Å². The van der Waals surface area contributed by atoms with Crippen molar-refractivity contribution in [3.05, 3.63) is 65.2 Å². The zero-order valence-electron chi connectivity index (χ0n) is 18.6. The molecule has 3 rings (SSSR count). The maximum atomic E-state index is 12.9. The Morgan fingerprint density at radius 2 is 1.84 bits per heavy atom. The SMILES string of the molecule is Cc1cccc([C@@H](CC(=O)Nc2ccccc2CN(C)C2CCCCC2)NC(N)=O)c1. The van der Waals surface area contributed by atoms with E-state index in [1.807, 2.05) is 49.4 Å². The quantitative estimate of drug-likeness (QED) is 0.585. The molecular weight excluding hydrogens is 388 g/mol. The number of benzene rings is 2. The largest absolute Gasteiger partial charge is 0.352 e. The molecule has 31 heavy (non-hydrogen) atoms. The summed E-state index contributed by atoms with van der Waals surface area (Å²) in [4.78, 5) is 26.8. The molecule has 0 aliphatic heterocycles. The van der Waals surface area contributed by atoms with Gasteiger partial charge in [-0.05, 0) is 44.0 Å². The third-order valence-corrected chi connectivity index (χ3v) is 6.06. The smallest absolute Gasteiger partial charge is 0.312 e.